The molecule has 106 valence electrons. The summed E-state index contributed by atoms with van der Waals surface area (Å²) in [6.07, 6.45) is 7.02. The van der Waals surface area contributed by atoms with Gasteiger partial charge in [-0.05, 0) is 25.7 Å². The molecule has 0 radical (unpaired) electrons. The summed E-state index contributed by atoms with van der Waals surface area (Å²) in [7, 11) is 0. The summed E-state index contributed by atoms with van der Waals surface area (Å²) < 4.78 is 5.48. The van der Waals surface area contributed by atoms with Gasteiger partial charge in [0, 0.05) is 44.2 Å². The maximum absolute atomic E-state index is 12.0. The predicted octanol–water partition coefficient (Wildman–Crippen LogP) is 1.42. The molecule has 0 aromatic carbocycles. The number of rotatable bonds is 3. The molecule has 0 saturated carbocycles. The van der Waals surface area contributed by atoms with Crippen molar-refractivity contribution in [2.24, 2.45) is 0 Å². The number of hydrogen-bond acceptors (Lipinski definition) is 3. The van der Waals surface area contributed by atoms with Crippen LogP contribution in [0.5, 0.6) is 0 Å². The van der Waals surface area contributed by atoms with E-state index >= 15 is 0 Å². The predicted molar refractivity (Wildman–Crippen MR) is 73.9 cm³/mol. The molecule has 0 aliphatic carbocycles. The zero-order valence-corrected chi connectivity index (χ0v) is 11.6. The van der Waals surface area contributed by atoms with Crippen molar-refractivity contribution >= 4 is 5.91 Å². The molecule has 3 aliphatic rings. The summed E-state index contributed by atoms with van der Waals surface area (Å²) in [6, 6.07) is 0.613. The first-order valence-electron chi connectivity index (χ1n) is 7.48. The lowest BCUT2D eigenvalue weighted by Gasteiger charge is -2.46. The fourth-order valence-electron chi connectivity index (χ4n) is 3.93. The van der Waals surface area contributed by atoms with Crippen LogP contribution in [0, 0.1) is 0 Å². The van der Waals surface area contributed by atoms with Gasteiger partial charge in [0.25, 0.3) is 0 Å². The summed E-state index contributed by atoms with van der Waals surface area (Å²) in [5, 5.41) is 0. The minimum absolute atomic E-state index is 0.126. The maximum Gasteiger partial charge on any atom is 0.223 e. The van der Waals surface area contributed by atoms with Crippen molar-refractivity contribution in [2.75, 3.05) is 32.8 Å². The fraction of sp³-hybridized carbons (Fsp3) is 0.800. The second kappa shape index (κ2) is 5.25. The van der Waals surface area contributed by atoms with Gasteiger partial charge in [0.05, 0.1) is 6.61 Å². The Morgan fingerprint density at radius 1 is 1.37 bits per heavy atom. The Labute approximate surface area is 115 Å². The van der Waals surface area contributed by atoms with Crippen molar-refractivity contribution in [1.82, 2.24) is 9.80 Å². The first-order chi connectivity index (χ1) is 9.25. The molecule has 3 rings (SSSR count). The van der Waals surface area contributed by atoms with E-state index in [1.165, 1.54) is 6.42 Å². The molecule has 19 heavy (non-hydrogen) atoms. The molecule has 0 aromatic heterocycles. The number of carbonyl (C=O) groups excluding carboxylic acids is 1. The number of amides is 1. The third kappa shape index (κ3) is 2.32. The molecule has 0 N–H and O–H groups in total. The van der Waals surface area contributed by atoms with Gasteiger partial charge in [-0.25, -0.2) is 0 Å². The third-order valence-corrected chi connectivity index (χ3v) is 5.14. The Hall–Kier alpha value is -0.870. The van der Waals surface area contributed by atoms with Gasteiger partial charge in [0.15, 0.2) is 0 Å². The van der Waals surface area contributed by atoms with Gasteiger partial charge in [0.2, 0.25) is 5.91 Å². The normalized spacial score (nSPS) is 31.3. The Bertz CT molecular complexity index is 355. The van der Waals surface area contributed by atoms with E-state index in [4.69, 9.17) is 4.74 Å². The van der Waals surface area contributed by atoms with E-state index in [1.54, 1.807) is 0 Å². The van der Waals surface area contributed by atoms with Gasteiger partial charge < -0.3 is 9.64 Å². The highest BCUT2D eigenvalue weighted by Gasteiger charge is 2.46. The van der Waals surface area contributed by atoms with E-state index in [1.807, 2.05) is 6.08 Å². The summed E-state index contributed by atoms with van der Waals surface area (Å²) in [5.74, 6) is 0.317. The molecule has 3 saturated heterocycles. The van der Waals surface area contributed by atoms with Crippen molar-refractivity contribution in [3.8, 4) is 0 Å². The maximum atomic E-state index is 12.0. The van der Waals surface area contributed by atoms with Crippen LogP contribution in [0.25, 0.3) is 0 Å². The van der Waals surface area contributed by atoms with Gasteiger partial charge >= 0.3 is 0 Å². The number of hydrogen-bond donors (Lipinski definition) is 0. The number of likely N-dealkylation sites (tertiary alicyclic amines) is 2. The topological polar surface area (TPSA) is 32.8 Å². The van der Waals surface area contributed by atoms with Gasteiger partial charge in [0.1, 0.15) is 0 Å². The standard InChI is InChI=1S/C15H24N2O2/c1-2-8-17-14(18)3-5-15(17)6-9-16(10-7-15)13-4-11-19-12-13/h2,13H,1,3-12H2. The highest BCUT2D eigenvalue weighted by atomic mass is 16.5. The molecule has 3 heterocycles. The lowest BCUT2D eigenvalue weighted by Crippen LogP contribution is -2.55. The average molecular weight is 264 g/mol. The minimum Gasteiger partial charge on any atom is -0.380 e. The molecule has 1 amide bonds. The lowest BCUT2D eigenvalue weighted by molar-refractivity contribution is -0.131. The minimum atomic E-state index is 0.126. The van der Waals surface area contributed by atoms with E-state index in [2.05, 4.69) is 16.4 Å². The van der Waals surface area contributed by atoms with E-state index in [9.17, 15) is 4.79 Å². The number of piperidine rings is 1. The lowest BCUT2D eigenvalue weighted by atomic mass is 9.84. The largest absolute Gasteiger partial charge is 0.380 e. The van der Waals surface area contributed by atoms with Crippen LogP contribution in [0.1, 0.15) is 32.1 Å². The van der Waals surface area contributed by atoms with Gasteiger partial charge in [-0.2, -0.15) is 0 Å². The molecule has 4 nitrogen and oxygen atoms in total. The molecule has 0 aromatic rings. The number of ether oxygens (including phenoxy) is 1. The Balaban J connectivity index is 1.64. The fourth-order valence-corrected chi connectivity index (χ4v) is 3.93. The van der Waals surface area contributed by atoms with Crippen LogP contribution >= 0.6 is 0 Å². The van der Waals surface area contributed by atoms with E-state index in [-0.39, 0.29) is 5.54 Å². The second-order valence-electron chi connectivity index (χ2n) is 6.07. The average Bonchev–Trinajstić information content (AvgIpc) is 3.05. The van der Waals surface area contributed by atoms with Crippen LogP contribution in [0.2, 0.25) is 0 Å². The van der Waals surface area contributed by atoms with E-state index in [0.717, 1.165) is 52.0 Å². The molecule has 4 heteroatoms. The summed E-state index contributed by atoms with van der Waals surface area (Å²) in [4.78, 5) is 16.7. The number of carbonyl (C=O) groups is 1. The van der Waals surface area contributed by atoms with Crippen molar-refractivity contribution in [2.45, 2.75) is 43.7 Å². The van der Waals surface area contributed by atoms with Gasteiger partial charge in [-0.3, -0.25) is 9.69 Å². The van der Waals surface area contributed by atoms with Crippen LogP contribution in [0.3, 0.4) is 0 Å². The van der Waals surface area contributed by atoms with Crippen LogP contribution in [-0.4, -0.2) is 60.1 Å². The van der Waals surface area contributed by atoms with Crippen LogP contribution in [-0.2, 0) is 9.53 Å². The van der Waals surface area contributed by atoms with Crippen molar-refractivity contribution in [3.63, 3.8) is 0 Å². The number of nitrogens with zero attached hydrogens (tertiary/aromatic N) is 2. The first kappa shape index (κ1) is 13.1. The van der Waals surface area contributed by atoms with E-state index in [0.29, 0.717) is 18.5 Å². The summed E-state index contributed by atoms with van der Waals surface area (Å²) in [5.41, 5.74) is 0.126. The Morgan fingerprint density at radius 2 is 2.16 bits per heavy atom. The van der Waals surface area contributed by atoms with E-state index < -0.39 is 0 Å². The monoisotopic (exact) mass is 264 g/mol. The van der Waals surface area contributed by atoms with Crippen LogP contribution < -0.4 is 0 Å². The second-order valence-corrected chi connectivity index (χ2v) is 6.07. The molecule has 3 fully saturated rings. The first-order valence-corrected chi connectivity index (χ1v) is 7.48. The third-order valence-electron chi connectivity index (χ3n) is 5.14. The Kier molecular flexibility index (Phi) is 3.63. The van der Waals surface area contributed by atoms with Crippen molar-refractivity contribution < 1.29 is 9.53 Å². The zero-order valence-electron chi connectivity index (χ0n) is 11.6. The molecular weight excluding hydrogens is 240 g/mol. The molecule has 1 atom stereocenters. The van der Waals surface area contributed by atoms with Gasteiger partial charge in [-0.1, -0.05) is 6.08 Å². The smallest absolute Gasteiger partial charge is 0.223 e. The summed E-state index contributed by atoms with van der Waals surface area (Å²) >= 11 is 0. The molecule has 1 spiro atoms. The quantitative estimate of drug-likeness (QED) is 0.723. The highest BCUT2D eigenvalue weighted by Crippen LogP contribution is 2.39. The molecule has 1 unspecified atom stereocenters. The highest BCUT2D eigenvalue weighted by molar-refractivity contribution is 5.80. The Morgan fingerprint density at radius 3 is 2.79 bits per heavy atom. The molecular formula is C15H24N2O2. The molecule has 0 bridgehead atoms. The zero-order chi connectivity index (χ0) is 13.3. The molecule has 3 aliphatic heterocycles. The van der Waals surface area contributed by atoms with Crippen LogP contribution in [0.15, 0.2) is 12.7 Å². The summed E-state index contributed by atoms with van der Waals surface area (Å²) in [6.45, 7) is 8.52. The van der Waals surface area contributed by atoms with Gasteiger partial charge in [-0.15, -0.1) is 6.58 Å². The van der Waals surface area contributed by atoms with Crippen molar-refractivity contribution in [1.29, 1.82) is 0 Å². The van der Waals surface area contributed by atoms with Crippen LogP contribution in [0.4, 0.5) is 0 Å². The van der Waals surface area contributed by atoms with Crippen molar-refractivity contribution in [3.05, 3.63) is 12.7 Å². The SMILES string of the molecule is C=CCN1C(=O)CCC12CCN(C1CCOC1)CC2.